The Morgan fingerprint density at radius 1 is 1.25 bits per heavy atom. The number of ether oxygens (including phenoxy) is 1. The van der Waals surface area contributed by atoms with Gasteiger partial charge in [0.05, 0.1) is 19.2 Å². The van der Waals surface area contributed by atoms with E-state index in [0.717, 1.165) is 22.0 Å². The van der Waals surface area contributed by atoms with E-state index in [-0.39, 0.29) is 12.3 Å². The molecule has 0 aliphatic heterocycles. The second kappa shape index (κ2) is 6.75. The maximum absolute atomic E-state index is 12.4. The summed E-state index contributed by atoms with van der Waals surface area (Å²) < 4.78 is 5.28. The normalized spacial score (nSPS) is 10.8. The van der Waals surface area contributed by atoms with Crippen molar-refractivity contribution in [2.45, 2.75) is 13.3 Å². The number of benzene rings is 2. The van der Waals surface area contributed by atoms with Crippen LogP contribution >= 0.6 is 23.2 Å². The van der Waals surface area contributed by atoms with Gasteiger partial charge in [0.1, 0.15) is 5.75 Å². The number of carbonyl (C=O) groups is 1. The second-order valence-electron chi connectivity index (χ2n) is 5.53. The number of amides is 1. The molecule has 2 N–H and O–H groups in total. The standard InChI is InChI=1S/C18H16Cl2N2O2/c1-10-5-16(17(24-2)8-14(10)20)22-18(23)6-11-9-21-15-7-12(19)3-4-13(11)15/h3-5,7-9,21H,6H2,1-2H3,(H,22,23). The van der Waals surface area contributed by atoms with E-state index in [0.29, 0.717) is 21.5 Å². The highest BCUT2D eigenvalue weighted by atomic mass is 35.5. The molecule has 0 spiro atoms. The summed E-state index contributed by atoms with van der Waals surface area (Å²) >= 11 is 12.1. The number of aryl methyl sites for hydroxylation is 1. The van der Waals surface area contributed by atoms with Gasteiger partial charge in [0, 0.05) is 33.2 Å². The molecule has 0 aliphatic carbocycles. The summed E-state index contributed by atoms with van der Waals surface area (Å²) in [4.78, 5) is 15.5. The molecule has 0 fully saturated rings. The SMILES string of the molecule is COc1cc(Cl)c(C)cc1NC(=O)Cc1c[nH]c2cc(Cl)ccc12. The van der Waals surface area contributed by atoms with E-state index in [4.69, 9.17) is 27.9 Å². The van der Waals surface area contributed by atoms with Crippen molar-refractivity contribution in [2.24, 2.45) is 0 Å². The van der Waals surface area contributed by atoms with Crippen LogP contribution in [0.25, 0.3) is 10.9 Å². The van der Waals surface area contributed by atoms with E-state index >= 15 is 0 Å². The summed E-state index contributed by atoms with van der Waals surface area (Å²) in [5.41, 5.74) is 3.29. The molecule has 0 saturated carbocycles. The molecule has 3 aromatic rings. The van der Waals surface area contributed by atoms with Crippen LogP contribution in [0.15, 0.2) is 36.5 Å². The molecule has 2 aromatic carbocycles. The molecule has 6 heteroatoms. The number of hydrogen-bond donors (Lipinski definition) is 2. The highest BCUT2D eigenvalue weighted by Crippen LogP contribution is 2.31. The molecular weight excluding hydrogens is 347 g/mol. The highest BCUT2D eigenvalue weighted by molar-refractivity contribution is 6.31. The fraction of sp³-hybridized carbons (Fsp3) is 0.167. The van der Waals surface area contributed by atoms with Gasteiger partial charge in [-0.15, -0.1) is 0 Å². The highest BCUT2D eigenvalue weighted by Gasteiger charge is 2.13. The van der Waals surface area contributed by atoms with Crippen molar-refractivity contribution >= 4 is 45.7 Å². The number of anilines is 1. The van der Waals surface area contributed by atoms with Crippen molar-refractivity contribution in [1.29, 1.82) is 0 Å². The largest absolute Gasteiger partial charge is 0.495 e. The number of aromatic nitrogens is 1. The van der Waals surface area contributed by atoms with E-state index in [1.165, 1.54) is 0 Å². The van der Waals surface area contributed by atoms with Gasteiger partial charge in [-0.3, -0.25) is 4.79 Å². The van der Waals surface area contributed by atoms with Gasteiger partial charge in [-0.1, -0.05) is 29.3 Å². The second-order valence-corrected chi connectivity index (χ2v) is 6.37. The Bertz CT molecular complexity index is 919. The maximum Gasteiger partial charge on any atom is 0.228 e. The molecule has 0 unspecified atom stereocenters. The summed E-state index contributed by atoms with van der Waals surface area (Å²) in [5, 5.41) is 5.11. The number of rotatable bonds is 4. The van der Waals surface area contributed by atoms with E-state index < -0.39 is 0 Å². The number of aromatic amines is 1. The number of hydrogen-bond acceptors (Lipinski definition) is 2. The smallest absolute Gasteiger partial charge is 0.228 e. The lowest BCUT2D eigenvalue weighted by molar-refractivity contribution is -0.115. The molecule has 1 heterocycles. The third-order valence-electron chi connectivity index (χ3n) is 3.84. The summed E-state index contributed by atoms with van der Waals surface area (Å²) in [5.74, 6) is 0.399. The van der Waals surface area contributed by atoms with E-state index in [1.807, 2.05) is 31.3 Å². The number of fused-ring (bicyclic) bond motifs is 1. The van der Waals surface area contributed by atoms with Crippen LogP contribution < -0.4 is 10.1 Å². The van der Waals surface area contributed by atoms with Crippen molar-refractivity contribution in [3.8, 4) is 5.75 Å². The van der Waals surface area contributed by atoms with Crippen LogP contribution in [-0.2, 0) is 11.2 Å². The molecule has 0 atom stereocenters. The molecule has 0 aliphatic rings. The molecule has 3 rings (SSSR count). The first-order chi connectivity index (χ1) is 11.5. The van der Waals surface area contributed by atoms with Crippen molar-refractivity contribution in [3.63, 3.8) is 0 Å². The minimum atomic E-state index is -0.133. The first-order valence-corrected chi connectivity index (χ1v) is 8.13. The molecule has 4 nitrogen and oxygen atoms in total. The third-order valence-corrected chi connectivity index (χ3v) is 4.48. The minimum absolute atomic E-state index is 0.133. The number of H-pyrrole nitrogens is 1. The fourth-order valence-corrected chi connectivity index (χ4v) is 2.93. The zero-order valence-corrected chi connectivity index (χ0v) is 14.8. The van der Waals surface area contributed by atoms with Gasteiger partial charge in [0.15, 0.2) is 0 Å². The van der Waals surface area contributed by atoms with E-state index in [2.05, 4.69) is 10.3 Å². The Hall–Kier alpha value is -2.17. The molecule has 0 saturated heterocycles. The van der Waals surface area contributed by atoms with Crippen LogP contribution in [0.4, 0.5) is 5.69 Å². The Labute approximate surface area is 149 Å². The zero-order valence-electron chi connectivity index (χ0n) is 13.2. The van der Waals surface area contributed by atoms with Gasteiger partial charge in [0.2, 0.25) is 5.91 Å². The summed E-state index contributed by atoms with van der Waals surface area (Å²) in [6, 6.07) is 9.05. The predicted octanol–water partition coefficient (Wildman–Crippen LogP) is 4.97. The molecule has 0 radical (unpaired) electrons. The Kier molecular flexibility index (Phi) is 4.69. The lowest BCUT2D eigenvalue weighted by Gasteiger charge is -2.12. The summed E-state index contributed by atoms with van der Waals surface area (Å²) in [7, 11) is 1.54. The van der Waals surface area contributed by atoms with Crippen LogP contribution in [0.3, 0.4) is 0 Å². The van der Waals surface area contributed by atoms with Crippen LogP contribution in [0.5, 0.6) is 5.75 Å². The first-order valence-electron chi connectivity index (χ1n) is 7.37. The summed E-state index contributed by atoms with van der Waals surface area (Å²) in [6.45, 7) is 1.88. The van der Waals surface area contributed by atoms with Crippen molar-refractivity contribution in [3.05, 3.63) is 57.7 Å². The van der Waals surface area contributed by atoms with E-state index in [9.17, 15) is 4.79 Å². The number of carbonyl (C=O) groups excluding carboxylic acids is 1. The molecular formula is C18H16Cl2N2O2. The summed E-state index contributed by atoms with van der Waals surface area (Å²) in [6.07, 6.45) is 2.07. The van der Waals surface area contributed by atoms with Crippen molar-refractivity contribution < 1.29 is 9.53 Å². The van der Waals surface area contributed by atoms with Gasteiger partial charge in [-0.05, 0) is 36.2 Å². The van der Waals surface area contributed by atoms with Crippen LogP contribution in [0.2, 0.25) is 10.0 Å². The Morgan fingerprint density at radius 2 is 2.04 bits per heavy atom. The number of nitrogens with one attached hydrogen (secondary N) is 2. The fourth-order valence-electron chi connectivity index (χ4n) is 2.60. The van der Waals surface area contributed by atoms with Gasteiger partial charge < -0.3 is 15.0 Å². The quantitative estimate of drug-likeness (QED) is 0.687. The van der Waals surface area contributed by atoms with Crippen LogP contribution in [0, 0.1) is 6.92 Å². The lowest BCUT2D eigenvalue weighted by atomic mass is 10.1. The Morgan fingerprint density at radius 3 is 2.79 bits per heavy atom. The van der Waals surface area contributed by atoms with Gasteiger partial charge in [0.25, 0.3) is 0 Å². The van der Waals surface area contributed by atoms with Crippen molar-refractivity contribution in [2.75, 3.05) is 12.4 Å². The monoisotopic (exact) mass is 362 g/mol. The zero-order chi connectivity index (χ0) is 17.3. The van der Waals surface area contributed by atoms with Crippen LogP contribution in [0.1, 0.15) is 11.1 Å². The topological polar surface area (TPSA) is 54.1 Å². The maximum atomic E-state index is 12.4. The van der Waals surface area contributed by atoms with Gasteiger partial charge in [-0.2, -0.15) is 0 Å². The first kappa shape index (κ1) is 16.7. The Balaban J connectivity index is 1.81. The number of methoxy groups -OCH3 is 1. The third kappa shape index (κ3) is 3.35. The molecule has 24 heavy (non-hydrogen) atoms. The molecule has 0 bridgehead atoms. The van der Waals surface area contributed by atoms with Gasteiger partial charge >= 0.3 is 0 Å². The molecule has 1 amide bonds. The van der Waals surface area contributed by atoms with Crippen molar-refractivity contribution in [1.82, 2.24) is 4.98 Å². The molecule has 1 aromatic heterocycles. The molecule has 124 valence electrons. The van der Waals surface area contributed by atoms with Crippen LogP contribution in [-0.4, -0.2) is 18.0 Å². The average molecular weight is 363 g/mol. The average Bonchev–Trinajstić information content (AvgIpc) is 2.92. The minimum Gasteiger partial charge on any atom is -0.495 e. The predicted molar refractivity (Wildman–Crippen MR) is 98.4 cm³/mol. The van der Waals surface area contributed by atoms with Gasteiger partial charge in [-0.25, -0.2) is 0 Å². The van der Waals surface area contributed by atoms with E-state index in [1.54, 1.807) is 19.2 Å². The lowest BCUT2D eigenvalue weighted by Crippen LogP contribution is -2.15. The number of halogens is 2.